The van der Waals surface area contributed by atoms with Crippen LogP contribution in [-0.2, 0) is 4.79 Å². The van der Waals surface area contributed by atoms with Crippen molar-refractivity contribution < 1.29 is 19.4 Å². The third-order valence-electron chi connectivity index (χ3n) is 3.67. The van der Waals surface area contributed by atoms with Crippen LogP contribution in [0.1, 0.15) is 13.3 Å². The number of halogens is 2. The van der Waals surface area contributed by atoms with Gasteiger partial charge in [-0.05, 0) is 19.4 Å². The molecule has 1 fully saturated rings. The molecule has 1 atom stereocenters. The highest BCUT2D eigenvalue weighted by molar-refractivity contribution is 6.35. The molecule has 0 bridgehead atoms. The Kier molecular flexibility index (Phi) is 5.54. The van der Waals surface area contributed by atoms with E-state index in [1.165, 1.54) is 17.2 Å². The van der Waals surface area contributed by atoms with Gasteiger partial charge in [0.2, 0.25) is 5.88 Å². The number of nitrogens with one attached hydrogen (secondary N) is 1. The van der Waals surface area contributed by atoms with Gasteiger partial charge in [0.05, 0.1) is 17.0 Å². The van der Waals surface area contributed by atoms with Gasteiger partial charge < -0.3 is 20.1 Å². The molecule has 0 radical (unpaired) electrons. The fourth-order valence-electron chi connectivity index (χ4n) is 2.23. The summed E-state index contributed by atoms with van der Waals surface area (Å²) in [5.74, 6) is -0.649. The van der Waals surface area contributed by atoms with Crippen molar-refractivity contribution in [2.45, 2.75) is 13.3 Å². The molecule has 2 amide bonds. The van der Waals surface area contributed by atoms with Gasteiger partial charge in [0.1, 0.15) is 11.6 Å². The Hall–Kier alpha value is -1.73. The molecular weight excluding hydrogens is 345 g/mol. The Labute approximate surface area is 143 Å². The van der Waals surface area contributed by atoms with Crippen LogP contribution in [0.4, 0.5) is 4.79 Å². The number of pyridine rings is 1. The molecule has 0 aliphatic carbocycles. The van der Waals surface area contributed by atoms with E-state index in [4.69, 9.17) is 33.0 Å². The number of rotatable bonds is 5. The average molecular weight is 362 g/mol. The van der Waals surface area contributed by atoms with Gasteiger partial charge in [-0.15, -0.1) is 0 Å². The summed E-state index contributed by atoms with van der Waals surface area (Å²) in [7, 11) is 0. The lowest BCUT2D eigenvalue weighted by molar-refractivity contribution is -0.147. The zero-order valence-electron chi connectivity index (χ0n) is 12.5. The van der Waals surface area contributed by atoms with Gasteiger partial charge in [0.25, 0.3) is 0 Å². The molecule has 2 N–H and O–H groups in total. The number of aliphatic carboxylic acids is 1. The Morgan fingerprint density at radius 3 is 2.87 bits per heavy atom. The van der Waals surface area contributed by atoms with Crippen LogP contribution in [-0.4, -0.2) is 53.2 Å². The second kappa shape index (κ2) is 7.23. The Balaban J connectivity index is 1.74. The highest BCUT2D eigenvalue weighted by atomic mass is 35.5. The minimum absolute atomic E-state index is 0.185. The summed E-state index contributed by atoms with van der Waals surface area (Å²) in [4.78, 5) is 28.6. The topological polar surface area (TPSA) is 91.8 Å². The second-order valence-electron chi connectivity index (χ2n) is 5.56. The summed E-state index contributed by atoms with van der Waals surface area (Å²) in [5, 5.41) is 12.5. The van der Waals surface area contributed by atoms with Crippen molar-refractivity contribution in [3.63, 3.8) is 0 Å². The van der Waals surface area contributed by atoms with E-state index in [2.05, 4.69) is 10.3 Å². The predicted octanol–water partition coefficient (Wildman–Crippen LogP) is 2.27. The van der Waals surface area contributed by atoms with E-state index in [1.54, 1.807) is 6.92 Å². The molecule has 1 aromatic heterocycles. The molecule has 0 saturated carbocycles. The molecule has 0 aromatic carbocycles. The molecule has 9 heteroatoms. The van der Waals surface area contributed by atoms with Crippen LogP contribution in [0.2, 0.25) is 10.0 Å². The molecule has 1 aliphatic rings. The number of ether oxygens (including phenoxy) is 1. The first-order valence-corrected chi connectivity index (χ1v) is 7.77. The van der Waals surface area contributed by atoms with E-state index in [-0.39, 0.29) is 31.6 Å². The van der Waals surface area contributed by atoms with Gasteiger partial charge in [0.15, 0.2) is 0 Å². The van der Waals surface area contributed by atoms with Crippen molar-refractivity contribution >= 4 is 35.2 Å². The zero-order chi connectivity index (χ0) is 17.0. The molecule has 0 spiro atoms. The molecular formula is C14H17Cl2N3O4. The van der Waals surface area contributed by atoms with Crippen molar-refractivity contribution in [2.75, 3.05) is 26.2 Å². The van der Waals surface area contributed by atoms with Crippen molar-refractivity contribution in [1.82, 2.24) is 15.2 Å². The van der Waals surface area contributed by atoms with E-state index in [1.807, 2.05) is 0 Å². The number of nitrogens with zero attached hydrogens (tertiary/aromatic N) is 2. The van der Waals surface area contributed by atoms with E-state index in [0.717, 1.165) is 0 Å². The first kappa shape index (κ1) is 17.6. The third-order valence-corrected chi connectivity index (χ3v) is 4.15. The monoisotopic (exact) mass is 361 g/mol. The maximum absolute atomic E-state index is 12.0. The number of carboxylic acids is 1. The summed E-state index contributed by atoms with van der Waals surface area (Å²) in [6.07, 6.45) is 1.86. The van der Waals surface area contributed by atoms with Crippen LogP contribution >= 0.6 is 23.2 Å². The fourth-order valence-corrected chi connectivity index (χ4v) is 2.67. The molecule has 2 rings (SSSR count). The molecule has 7 nitrogen and oxygen atoms in total. The van der Waals surface area contributed by atoms with Gasteiger partial charge in [-0.3, -0.25) is 4.79 Å². The molecule has 126 valence electrons. The molecule has 1 aromatic rings. The number of carbonyl (C=O) groups excluding carboxylic acids is 1. The smallest absolute Gasteiger partial charge is 0.317 e. The van der Waals surface area contributed by atoms with Crippen molar-refractivity contribution in [1.29, 1.82) is 0 Å². The zero-order valence-corrected chi connectivity index (χ0v) is 14.0. The maximum atomic E-state index is 12.0. The highest BCUT2D eigenvalue weighted by Gasteiger charge is 2.42. The molecule has 1 unspecified atom stereocenters. The number of likely N-dealkylation sites (tertiary alicyclic amines) is 1. The first-order chi connectivity index (χ1) is 10.8. The lowest BCUT2D eigenvalue weighted by Gasteiger charge is -2.20. The highest BCUT2D eigenvalue weighted by Crippen LogP contribution is 2.30. The lowest BCUT2D eigenvalue weighted by Crippen LogP contribution is -2.42. The van der Waals surface area contributed by atoms with Crippen LogP contribution < -0.4 is 10.1 Å². The quantitative estimate of drug-likeness (QED) is 0.784. The number of hydrogen-bond acceptors (Lipinski definition) is 4. The van der Waals surface area contributed by atoms with Gasteiger partial charge in [0, 0.05) is 19.3 Å². The number of hydrogen-bond donors (Lipinski definition) is 2. The summed E-state index contributed by atoms with van der Waals surface area (Å²) in [6.45, 7) is 2.68. The standard InChI is InChI=1S/C14H17Cl2N3O4/c1-14(12(20)21)2-4-19(8-14)13(22)17-3-5-23-11-10(16)6-9(15)7-18-11/h6-7H,2-5,8H2,1H3,(H,17,22)(H,20,21). The van der Waals surface area contributed by atoms with Crippen molar-refractivity contribution in [3.8, 4) is 5.88 Å². The summed E-state index contributed by atoms with van der Waals surface area (Å²) in [5.41, 5.74) is -0.880. The summed E-state index contributed by atoms with van der Waals surface area (Å²) in [6, 6.07) is 1.20. The Morgan fingerprint density at radius 1 is 1.52 bits per heavy atom. The van der Waals surface area contributed by atoms with Crippen molar-refractivity contribution in [3.05, 3.63) is 22.3 Å². The van der Waals surface area contributed by atoms with E-state index >= 15 is 0 Å². The summed E-state index contributed by atoms with van der Waals surface area (Å²) >= 11 is 11.6. The number of urea groups is 1. The number of carbonyl (C=O) groups is 2. The number of aromatic nitrogens is 1. The predicted molar refractivity (Wildman–Crippen MR) is 85.1 cm³/mol. The normalized spacial score (nSPS) is 20.4. The fraction of sp³-hybridized carbons (Fsp3) is 0.500. The minimum atomic E-state index is -0.889. The molecule has 1 aliphatic heterocycles. The van der Waals surface area contributed by atoms with Gasteiger partial charge >= 0.3 is 12.0 Å². The SMILES string of the molecule is CC1(C(=O)O)CCN(C(=O)NCCOc2ncc(Cl)cc2Cl)C1. The molecule has 1 saturated heterocycles. The third kappa shape index (κ3) is 4.39. The lowest BCUT2D eigenvalue weighted by atomic mass is 9.90. The van der Waals surface area contributed by atoms with E-state index < -0.39 is 11.4 Å². The van der Waals surface area contributed by atoms with Crippen LogP contribution in [0.15, 0.2) is 12.3 Å². The molecule has 2 heterocycles. The van der Waals surface area contributed by atoms with E-state index in [9.17, 15) is 9.59 Å². The Bertz CT molecular complexity index is 614. The largest absolute Gasteiger partial charge is 0.481 e. The Morgan fingerprint density at radius 2 is 2.26 bits per heavy atom. The van der Waals surface area contributed by atoms with Crippen molar-refractivity contribution in [2.24, 2.45) is 5.41 Å². The average Bonchev–Trinajstić information content (AvgIpc) is 2.89. The first-order valence-electron chi connectivity index (χ1n) is 7.02. The van der Waals surface area contributed by atoms with Crippen LogP contribution in [0.25, 0.3) is 0 Å². The second-order valence-corrected chi connectivity index (χ2v) is 6.40. The van der Waals surface area contributed by atoms with Crippen LogP contribution in [0.5, 0.6) is 5.88 Å². The van der Waals surface area contributed by atoms with Gasteiger partial charge in [-0.1, -0.05) is 23.2 Å². The number of carboxylic acid groups (broad SMARTS) is 1. The van der Waals surface area contributed by atoms with E-state index in [0.29, 0.717) is 23.0 Å². The van der Waals surface area contributed by atoms with Gasteiger partial charge in [-0.2, -0.15) is 0 Å². The van der Waals surface area contributed by atoms with Crippen LogP contribution in [0.3, 0.4) is 0 Å². The minimum Gasteiger partial charge on any atom is -0.481 e. The van der Waals surface area contributed by atoms with Crippen LogP contribution in [0, 0.1) is 5.41 Å². The maximum Gasteiger partial charge on any atom is 0.317 e. The number of amides is 2. The summed E-state index contributed by atoms with van der Waals surface area (Å²) < 4.78 is 5.35. The van der Waals surface area contributed by atoms with Gasteiger partial charge in [-0.25, -0.2) is 9.78 Å². The molecule has 23 heavy (non-hydrogen) atoms.